The number of carbonyl (C=O) groups excluding carboxylic acids is 1. The molecule has 2 aliphatic heterocycles. The molecule has 2 N–H and O–H groups in total. The number of rotatable bonds is 7. The number of para-hydroxylation sites is 1. The van der Waals surface area contributed by atoms with Gasteiger partial charge >= 0.3 is 12.1 Å². The van der Waals surface area contributed by atoms with E-state index < -0.39 is 59.6 Å². The van der Waals surface area contributed by atoms with Gasteiger partial charge in [0.2, 0.25) is 0 Å². The largest absolute Gasteiger partial charge is 0.480 e. The number of carboxylic acid groups (broad SMARTS) is 1. The second-order valence-electron chi connectivity index (χ2n) is 11.4. The molecule has 14 heteroatoms. The minimum absolute atomic E-state index is 0.104. The molecule has 1 saturated heterocycles. The zero-order valence-electron chi connectivity index (χ0n) is 24.9. The summed E-state index contributed by atoms with van der Waals surface area (Å²) in [5, 5.41) is 12.9. The Hall–Kier alpha value is -4.82. The number of benzene rings is 3. The van der Waals surface area contributed by atoms with Gasteiger partial charge in [-0.2, -0.15) is 13.2 Å². The van der Waals surface area contributed by atoms with Crippen LogP contribution in [0.1, 0.15) is 27.0 Å². The Balaban J connectivity index is 1.27. The highest BCUT2D eigenvalue weighted by atomic mass is 19.4. The number of pyridine rings is 1. The van der Waals surface area contributed by atoms with Crippen LogP contribution in [0.15, 0.2) is 59.4 Å². The number of ether oxygens (including phenoxy) is 2. The van der Waals surface area contributed by atoms with Crippen molar-refractivity contribution in [2.75, 3.05) is 24.7 Å². The summed E-state index contributed by atoms with van der Waals surface area (Å²) < 4.78 is 82.9. The number of fused-ring (bicyclic) bond motifs is 2. The molecule has 0 aliphatic carbocycles. The maximum atomic E-state index is 15.1. The van der Waals surface area contributed by atoms with Crippen molar-refractivity contribution in [1.29, 1.82) is 0 Å². The van der Waals surface area contributed by atoms with Crippen molar-refractivity contribution in [2.24, 2.45) is 7.05 Å². The number of aliphatic carboxylic acids is 1. The fourth-order valence-corrected chi connectivity index (χ4v) is 6.18. The highest BCUT2D eigenvalue weighted by molar-refractivity contribution is 5.97. The first kappa shape index (κ1) is 32.1. The molecule has 1 fully saturated rings. The van der Waals surface area contributed by atoms with Gasteiger partial charge in [-0.1, -0.05) is 30.3 Å². The smallest absolute Gasteiger partial charge is 0.411 e. The number of aryl methyl sites for hydroxylation is 1. The highest BCUT2D eigenvalue weighted by Gasteiger charge is 2.46. The fraction of sp³-hybridized carbons (Fsp3) is 0.303. The topological polar surface area (TPSA) is 110 Å². The molecule has 9 nitrogen and oxygen atoms in total. The molecule has 3 heterocycles. The second kappa shape index (κ2) is 12.4. The molecule has 2 unspecified atom stereocenters. The van der Waals surface area contributed by atoms with Crippen LogP contribution in [0.5, 0.6) is 0 Å². The molecule has 0 spiro atoms. The van der Waals surface area contributed by atoms with E-state index >= 15 is 8.78 Å². The first-order chi connectivity index (χ1) is 22.3. The molecule has 0 bridgehead atoms. The van der Waals surface area contributed by atoms with Gasteiger partial charge in [0.15, 0.2) is 0 Å². The molecule has 3 aromatic carbocycles. The van der Waals surface area contributed by atoms with Crippen LogP contribution in [0, 0.1) is 11.6 Å². The Bertz CT molecular complexity index is 1940. The van der Waals surface area contributed by atoms with Crippen molar-refractivity contribution in [2.45, 2.75) is 37.9 Å². The van der Waals surface area contributed by atoms with Crippen LogP contribution < -0.4 is 15.8 Å². The maximum absolute atomic E-state index is 15.1. The average Bonchev–Trinajstić information content (AvgIpc) is 3.53. The van der Waals surface area contributed by atoms with Crippen LogP contribution in [0.3, 0.4) is 0 Å². The monoisotopic (exact) mass is 657 g/mol. The third-order valence-electron chi connectivity index (χ3n) is 8.56. The third kappa shape index (κ3) is 6.05. The molecule has 1 amide bonds. The number of hydrogen-bond acceptors (Lipinski definition) is 6. The summed E-state index contributed by atoms with van der Waals surface area (Å²) in [4.78, 5) is 39.3. The number of anilines is 1. The third-order valence-corrected chi connectivity index (χ3v) is 8.56. The first-order valence-corrected chi connectivity index (χ1v) is 14.6. The summed E-state index contributed by atoms with van der Waals surface area (Å²) in [5.41, 5.74) is 1.77. The lowest BCUT2D eigenvalue weighted by Crippen LogP contribution is -2.53. The zero-order chi connectivity index (χ0) is 33.6. The van der Waals surface area contributed by atoms with E-state index in [2.05, 4.69) is 5.32 Å². The van der Waals surface area contributed by atoms with Crippen molar-refractivity contribution in [3.63, 3.8) is 0 Å². The Kier molecular flexibility index (Phi) is 8.49. The molecular formula is C33H28F5N3O6. The van der Waals surface area contributed by atoms with Crippen molar-refractivity contribution >= 4 is 28.5 Å². The van der Waals surface area contributed by atoms with Crippen LogP contribution in [-0.2, 0) is 41.0 Å². The van der Waals surface area contributed by atoms with Gasteiger partial charge in [0.25, 0.3) is 11.5 Å². The van der Waals surface area contributed by atoms with Crippen LogP contribution in [0.2, 0.25) is 0 Å². The molecule has 4 aromatic rings. The maximum Gasteiger partial charge on any atom is 0.411 e. The quantitative estimate of drug-likeness (QED) is 0.277. The van der Waals surface area contributed by atoms with E-state index in [1.807, 2.05) is 24.3 Å². The average molecular weight is 658 g/mol. The van der Waals surface area contributed by atoms with E-state index in [1.54, 1.807) is 25.2 Å². The second-order valence-corrected chi connectivity index (χ2v) is 11.4. The van der Waals surface area contributed by atoms with Crippen LogP contribution in [-0.4, -0.2) is 59.6 Å². The molecule has 47 heavy (non-hydrogen) atoms. The van der Waals surface area contributed by atoms with Crippen molar-refractivity contribution in [3.05, 3.63) is 98.8 Å². The number of nitrogens with zero attached hydrogens (tertiary/aromatic N) is 2. The Morgan fingerprint density at radius 1 is 1.00 bits per heavy atom. The van der Waals surface area contributed by atoms with Gasteiger partial charge in [-0.3, -0.25) is 9.59 Å². The zero-order valence-corrected chi connectivity index (χ0v) is 24.9. The molecule has 0 radical (unpaired) electrons. The summed E-state index contributed by atoms with van der Waals surface area (Å²) in [7, 11) is 1.67. The minimum atomic E-state index is -4.74. The van der Waals surface area contributed by atoms with E-state index in [1.165, 1.54) is 4.57 Å². The molecule has 2 aliphatic rings. The van der Waals surface area contributed by atoms with E-state index in [-0.39, 0.29) is 38.3 Å². The number of nitrogens with one attached hydrogen (secondary N) is 1. The summed E-state index contributed by atoms with van der Waals surface area (Å²) in [5.74, 6) is -5.79. The predicted molar refractivity (Wildman–Crippen MR) is 160 cm³/mol. The van der Waals surface area contributed by atoms with Crippen LogP contribution >= 0.6 is 0 Å². The van der Waals surface area contributed by atoms with Crippen LogP contribution in [0.25, 0.3) is 22.0 Å². The number of amides is 1. The van der Waals surface area contributed by atoms with Gasteiger partial charge in [-0.05, 0) is 51.9 Å². The van der Waals surface area contributed by atoms with E-state index in [9.17, 15) is 32.7 Å². The summed E-state index contributed by atoms with van der Waals surface area (Å²) in [6.07, 6.45) is -5.03. The Labute approximate surface area is 264 Å². The van der Waals surface area contributed by atoms with Gasteiger partial charge in [0, 0.05) is 31.3 Å². The SMILES string of the molecule is Cn1c(=O)c(-c2ccc(CC(NC(=O)c3c(F)cc(N4CCOCC4C(F)(F)F)cc3F)C(=O)O)c3c2COC3)cc2ccccc21. The normalized spacial score (nSPS) is 17.1. The molecule has 1 aromatic heterocycles. The number of carbonyl (C=O) groups is 2. The molecular weight excluding hydrogens is 629 g/mol. The lowest BCUT2D eigenvalue weighted by molar-refractivity contribution is -0.167. The molecule has 0 saturated carbocycles. The number of carboxylic acids is 1. The minimum Gasteiger partial charge on any atom is -0.480 e. The Morgan fingerprint density at radius 3 is 2.40 bits per heavy atom. The molecule has 2 atom stereocenters. The van der Waals surface area contributed by atoms with Gasteiger partial charge in [0.1, 0.15) is 29.3 Å². The predicted octanol–water partition coefficient (Wildman–Crippen LogP) is 4.71. The van der Waals surface area contributed by atoms with E-state index in [0.29, 0.717) is 39.9 Å². The Morgan fingerprint density at radius 2 is 1.70 bits per heavy atom. The molecule has 246 valence electrons. The summed E-state index contributed by atoms with van der Waals surface area (Å²) >= 11 is 0. The lowest BCUT2D eigenvalue weighted by Gasteiger charge is -2.38. The van der Waals surface area contributed by atoms with Crippen molar-refractivity contribution in [1.82, 2.24) is 9.88 Å². The number of aromatic nitrogens is 1. The van der Waals surface area contributed by atoms with Crippen LogP contribution in [0.4, 0.5) is 27.6 Å². The number of halogens is 5. The number of alkyl halides is 3. The highest BCUT2D eigenvalue weighted by Crippen LogP contribution is 2.35. The van der Waals surface area contributed by atoms with Gasteiger partial charge < -0.3 is 29.4 Å². The fourth-order valence-electron chi connectivity index (χ4n) is 6.18. The standard InChI is InChI=1S/C33H28F5N3O6/c1-40-27-5-3-2-4-18(27)10-21(31(40)43)20-7-6-17(22-14-47-15-23(20)22)11-26(32(44)45)39-30(42)29-24(34)12-19(13-25(29)35)41-8-9-46-16-28(41)33(36,37)38/h2-7,10,12-13,26,28H,8-9,11,14-16H2,1H3,(H,39,42)(H,44,45). The number of hydrogen-bond donors (Lipinski definition) is 2. The molecule has 6 rings (SSSR count). The van der Waals surface area contributed by atoms with Crippen molar-refractivity contribution < 1.29 is 46.1 Å². The van der Waals surface area contributed by atoms with Gasteiger partial charge in [-0.25, -0.2) is 13.6 Å². The van der Waals surface area contributed by atoms with Gasteiger partial charge in [0.05, 0.1) is 31.9 Å². The summed E-state index contributed by atoms with van der Waals surface area (Å²) in [6.45, 7) is -0.869. The van der Waals surface area contributed by atoms with E-state index in [4.69, 9.17) is 9.47 Å². The van der Waals surface area contributed by atoms with Crippen molar-refractivity contribution in [3.8, 4) is 11.1 Å². The number of morpholine rings is 1. The summed E-state index contributed by atoms with van der Waals surface area (Å²) in [6, 6.07) is 9.90. The van der Waals surface area contributed by atoms with Gasteiger partial charge in [-0.15, -0.1) is 0 Å². The first-order valence-electron chi connectivity index (χ1n) is 14.6. The van der Waals surface area contributed by atoms with E-state index in [0.717, 1.165) is 15.8 Å². The lowest BCUT2D eigenvalue weighted by atomic mass is 9.91.